The number of esters is 1. The fourth-order valence-corrected chi connectivity index (χ4v) is 6.32. The molecule has 0 saturated heterocycles. The van der Waals surface area contributed by atoms with E-state index >= 15 is 0 Å². The largest absolute Gasteiger partial charge is 0.465 e. The summed E-state index contributed by atoms with van der Waals surface area (Å²) in [6, 6.07) is 10.4. The van der Waals surface area contributed by atoms with Crippen molar-refractivity contribution in [3.05, 3.63) is 85.2 Å². The van der Waals surface area contributed by atoms with E-state index in [4.69, 9.17) is 9.15 Å². The molecule has 2 aromatic heterocycles. The molecule has 1 atom stereocenters. The monoisotopic (exact) mass is 515 g/mol. The zero-order valence-corrected chi connectivity index (χ0v) is 21.5. The third kappa shape index (κ3) is 2.76. The van der Waals surface area contributed by atoms with Crippen LogP contribution in [0, 0.1) is 20.8 Å². The highest BCUT2D eigenvalue weighted by Crippen LogP contribution is 2.54. The maximum atomic E-state index is 14.2. The summed E-state index contributed by atoms with van der Waals surface area (Å²) >= 11 is 0.923. The van der Waals surface area contributed by atoms with Gasteiger partial charge < -0.3 is 14.1 Å². The summed E-state index contributed by atoms with van der Waals surface area (Å²) in [5.74, 6) is -2.01. The normalized spacial score (nSPS) is 18.2. The Hall–Kier alpha value is -4.31. The Morgan fingerprint density at radius 3 is 2.51 bits per heavy atom. The van der Waals surface area contributed by atoms with Crippen molar-refractivity contribution in [2.24, 2.45) is 0 Å². The second-order valence-corrected chi connectivity index (χ2v) is 10.2. The standard InChI is InChI=1S/C27H21N3O6S/c1-12-10-15-18(11-13(12)2)36-21-19(20(15)31)27(16-8-6-7-9-17(16)29(4)25(27)34)30(23(21)32)26-28-14(3)22(37-26)24(33)35-5/h6-11H,1-5H3. The molecule has 0 fully saturated rings. The van der Waals surface area contributed by atoms with Gasteiger partial charge in [-0.3, -0.25) is 19.3 Å². The number of aromatic nitrogens is 1. The molecule has 37 heavy (non-hydrogen) atoms. The van der Waals surface area contributed by atoms with E-state index in [1.165, 1.54) is 16.9 Å². The molecule has 1 unspecified atom stereocenters. The number of para-hydroxylation sites is 1. The lowest BCUT2D eigenvalue weighted by molar-refractivity contribution is -0.121. The van der Waals surface area contributed by atoms with E-state index < -0.39 is 28.8 Å². The van der Waals surface area contributed by atoms with Crippen LogP contribution in [0.2, 0.25) is 0 Å². The van der Waals surface area contributed by atoms with Gasteiger partial charge >= 0.3 is 5.97 Å². The van der Waals surface area contributed by atoms with Gasteiger partial charge in [-0.1, -0.05) is 29.5 Å². The number of hydrogen-bond acceptors (Lipinski definition) is 8. The highest BCUT2D eigenvalue weighted by molar-refractivity contribution is 7.17. The Balaban J connectivity index is 1.76. The minimum Gasteiger partial charge on any atom is -0.465 e. The summed E-state index contributed by atoms with van der Waals surface area (Å²) in [7, 11) is 2.85. The van der Waals surface area contributed by atoms with Crippen molar-refractivity contribution in [3.63, 3.8) is 0 Å². The van der Waals surface area contributed by atoms with Crippen molar-refractivity contribution in [1.29, 1.82) is 0 Å². The van der Waals surface area contributed by atoms with Crippen molar-refractivity contribution < 1.29 is 23.5 Å². The number of ether oxygens (including phenoxy) is 1. The van der Waals surface area contributed by atoms with E-state index in [9.17, 15) is 19.2 Å². The second-order valence-electron chi connectivity index (χ2n) is 9.20. The van der Waals surface area contributed by atoms with Crippen LogP contribution in [0.5, 0.6) is 0 Å². The minimum atomic E-state index is -1.84. The van der Waals surface area contributed by atoms with Crippen molar-refractivity contribution in [2.75, 3.05) is 24.0 Å². The van der Waals surface area contributed by atoms with Crippen LogP contribution in [0.1, 0.15) is 48.2 Å². The average molecular weight is 516 g/mol. The number of thiazole rings is 1. The van der Waals surface area contributed by atoms with E-state index in [2.05, 4.69) is 4.98 Å². The number of amides is 2. The molecule has 1 spiro atoms. The molecule has 2 aliphatic heterocycles. The summed E-state index contributed by atoms with van der Waals surface area (Å²) < 4.78 is 11.0. The van der Waals surface area contributed by atoms with Gasteiger partial charge in [0.1, 0.15) is 10.5 Å². The van der Waals surface area contributed by atoms with Crippen LogP contribution in [0.25, 0.3) is 11.0 Å². The number of carbonyl (C=O) groups is 3. The van der Waals surface area contributed by atoms with Crippen LogP contribution < -0.4 is 15.2 Å². The lowest BCUT2D eigenvalue weighted by atomic mass is 9.84. The number of anilines is 2. The Morgan fingerprint density at radius 1 is 1.08 bits per heavy atom. The van der Waals surface area contributed by atoms with Gasteiger partial charge in [-0.2, -0.15) is 0 Å². The summed E-state index contributed by atoms with van der Waals surface area (Å²) in [5.41, 5.74) is 1.03. The first-order valence-corrected chi connectivity index (χ1v) is 12.3. The van der Waals surface area contributed by atoms with E-state index in [-0.39, 0.29) is 32.3 Å². The van der Waals surface area contributed by atoms with Crippen molar-refractivity contribution in [1.82, 2.24) is 4.98 Å². The highest BCUT2D eigenvalue weighted by atomic mass is 32.1. The molecule has 2 aliphatic rings. The van der Waals surface area contributed by atoms with E-state index in [1.807, 2.05) is 13.8 Å². The highest BCUT2D eigenvalue weighted by Gasteiger charge is 2.66. The summed E-state index contributed by atoms with van der Waals surface area (Å²) in [5, 5.41) is 0.366. The predicted molar refractivity (Wildman–Crippen MR) is 138 cm³/mol. The molecule has 0 saturated carbocycles. The zero-order valence-electron chi connectivity index (χ0n) is 20.7. The lowest BCUT2D eigenvalue weighted by Gasteiger charge is -2.31. The number of fused-ring (bicyclic) bond motifs is 5. The first kappa shape index (κ1) is 23.1. The molecule has 6 rings (SSSR count). The fraction of sp³-hybridized carbons (Fsp3) is 0.222. The number of carbonyl (C=O) groups excluding carboxylic acids is 3. The minimum absolute atomic E-state index is 0.0532. The molecule has 10 heteroatoms. The molecule has 0 radical (unpaired) electrons. The topological polar surface area (TPSA) is 110 Å². The van der Waals surface area contributed by atoms with Gasteiger partial charge in [-0.25, -0.2) is 9.78 Å². The first-order chi connectivity index (χ1) is 17.6. The number of hydrogen-bond donors (Lipinski definition) is 0. The maximum Gasteiger partial charge on any atom is 0.350 e. The zero-order chi connectivity index (χ0) is 26.4. The molecule has 0 N–H and O–H groups in total. The molecular formula is C27H21N3O6S. The number of aryl methyl sites for hydroxylation is 3. The quantitative estimate of drug-likeness (QED) is 0.373. The molecule has 186 valence electrons. The van der Waals surface area contributed by atoms with Gasteiger partial charge in [-0.15, -0.1) is 0 Å². The van der Waals surface area contributed by atoms with Gasteiger partial charge in [0, 0.05) is 18.3 Å². The average Bonchev–Trinajstić information content (AvgIpc) is 3.46. The number of likely N-dealkylation sites (N-methyl/N-ethyl adjacent to an activating group) is 1. The van der Waals surface area contributed by atoms with Crippen LogP contribution in [0.15, 0.2) is 45.6 Å². The van der Waals surface area contributed by atoms with Crippen LogP contribution in [0.4, 0.5) is 10.8 Å². The summed E-state index contributed by atoms with van der Waals surface area (Å²) in [4.78, 5) is 62.1. The summed E-state index contributed by atoms with van der Waals surface area (Å²) in [6.45, 7) is 5.38. The van der Waals surface area contributed by atoms with Gasteiger partial charge in [0.15, 0.2) is 16.1 Å². The van der Waals surface area contributed by atoms with Gasteiger partial charge in [0.2, 0.25) is 5.76 Å². The molecule has 2 aromatic carbocycles. The third-order valence-electron chi connectivity index (χ3n) is 7.22. The van der Waals surface area contributed by atoms with Crippen molar-refractivity contribution >= 4 is 50.9 Å². The lowest BCUT2D eigenvalue weighted by Crippen LogP contribution is -2.53. The number of methoxy groups -OCH3 is 1. The second kappa shape index (κ2) is 7.59. The predicted octanol–water partition coefficient (Wildman–Crippen LogP) is 3.84. The maximum absolute atomic E-state index is 14.2. The van der Waals surface area contributed by atoms with Crippen molar-refractivity contribution in [2.45, 2.75) is 26.3 Å². The van der Waals surface area contributed by atoms with Gasteiger partial charge in [0.05, 0.1) is 23.8 Å². The molecule has 0 bridgehead atoms. The number of benzene rings is 2. The fourth-order valence-electron chi connectivity index (χ4n) is 5.28. The van der Waals surface area contributed by atoms with Crippen LogP contribution in [-0.2, 0) is 15.1 Å². The SMILES string of the molecule is COC(=O)c1sc(N2C(=O)c3oc4cc(C)c(C)cc4c(=O)c3C23C(=O)N(C)c2ccccc23)nc1C. The Bertz CT molecular complexity index is 1770. The van der Waals surface area contributed by atoms with E-state index in [1.54, 1.807) is 50.4 Å². The molecule has 2 amide bonds. The molecule has 0 aliphatic carbocycles. The number of rotatable bonds is 2. The molecule has 4 aromatic rings. The molecular weight excluding hydrogens is 494 g/mol. The van der Waals surface area contributed by atoms with E-state index in [0.29, 0.717) is 16.9 Å². The Morgan fingerprint density at radius 2 is 1.78 bits per heavy atom. The van der Waals surface area contributed by atoms with Crippen LogP contribution in [0.3, 0.4) is 0 Å². The van der Waals surface area contributed by atoms with Gasteiger partial charge in [0.25, 0.3) is 11.8 Å². The Kier molecular flexibility index (Phi) is 4.74. The van der Waals surface area contributed by atoms with E-state index in [0.717, 1.165) is 22.5 Å². The summed E-state index contributed by atoms with van der Waals surface area (Å²) in [6.07, 6.45) is 0. The smallest absolute Gasteiger partial charge is 0.350 e. The number of nitrogens with zero attached hydrogens (tertiary/aromatic N) is 3. The molecule has 4 heterocycles. The first-order valence-electron chi connectivity index (χ1n) is 11.5. The van der Waals surface area contributed by atoms with Gasteiger partial charge in [-0.05, 0) is 50.1 Å². The third-order valence-corrected chi connectivity index (χ3v) is 8.34. The molecule has 9 nitrogen and oxygen atoms in total. The Labute approximate surface area is 214 Å². The van der Waals surface area contributed by atoms with Crippen molar-refractivity contribution in [3.8, 4) is 0 Å². The van der Waals surface area contributed by atoms with Crippen LogP contribution in [-0.4, -0.2) is 36.9 Å². The van der Waals surface area contributed by atoms with Crippen LogP contribution >= 0.6 is 11.3 Å².